The Kier molecular flexibility index (Phi) is 5.61. The van der Waals surface area contributed by atoms with Crippen molar-refractivity contribution in [1.82, 2.24) is 10.2 Å². The van der Waals surface area contributed by atoms with E-state index in [1.54, 1.807) is 0 Å². The zero-order valence-corrected chi connectivity index (χ0v) is 11.1. The average Bonchev–Trinajstić information content (AvgIpc) is 2.12. The van der Waals surface area contributed by atoms with Crippen LogP contribution in [0, 0.1) is 5.41 Å². The van der Waals surface area contributed by atoms with E-state index in [1.807, 2.05) is 20.8 Å². The van der Waals surface area contributed by atoms with Gasteiger partial charge in [-0.2, -0.15) is 0 Å². The first-order valence-electron chi connectivity index (χ1n) is 5.49. The van der Waals surface area contributed by atoms with E-state index in [9.17, 15) is 14.4 Å². The molecule has 7 nitrogen and oxygen atoms in total. The molecule has 0 saturated carbocycles. The maximum atomic E-state index is 11.7. The van der Waals surface area contributed by atoms with Gasteiger partial charge in [-0.25, -0.2) is 9.59 Å². The predicted molar refractivity (Wildman–Crippen MR) is 64.3 cm³/mol. The lowest BCUT2D eigenvalue weighted by atomic mass is 9.96. The van der Waals surface area contributed by atoms with E-state index >= 15 is 0 Å². The van der Waals surface area contributed by atoms with Crippen molar-refractivity contribution >= 4 is 18.0 Å². The third-order valence-electron chi connectivity index (χ3n) is 2.03. The highest BCUT2D eigenvalue weighted by Crippen LogP contribution is 2.14. The summed E-state index contributed by atoms with van der Waals surface area (Å²) in [6.45, 7) is 6.23. The number of carboxylic acids is 2. The quantitative estimate of drug-likeness (QED) is 0.671. The van der Waals surface area contributed by atoms with Crippen molar-refractivity contribution in [3.05, 3.63) is 0 Å². The predicted octanol–water partition coefficient (Wildman–Crippen LogP) is 0.602. The van der Waals surface area contributed by atoms with E-state index in [-0.39, 0.29) is 5.41 Å². The number of rotatable bonds is 5. The number of hydrogen-bond acceptors (Lipinski definition) is 3. The van der Waals surface area contributed by atoms with Crippen LogP contribution in [0.3, 0.4) is 0 Å². The summed E-state index contributed by atoms with van der Waals surface area (Å²) in [6.07, 6.45) is -0.648. The molecular weight excluding hydrogens is 240 g/mol. The smallest absolute Gasteiger partial charge is 0.326 e. The molecule has 0 fully saturated rings. The Morgan fingerprint density at radius 2 is 1.72 bits per heavy atom. The second kappa shape index (κ2) is 6.23. The molecule has 0 saturated heterocycles. The van der Waals surface area contributed by atoms with Gasteiger partial charge in [-0.05, 0) is 5.41 Å². The molecule has 0 spiro atoms. The fourth-order valence-corrected chi connectivity index (χ4v) is 1.42. The lowest BCUT2D eigenvalue weighted by Crippen LogP contribution is -2.49. The zero-order chi connectivity index (χ0) is 14.5. The third-order valence-corrected chi connectivity index (χ3v) is 2.03. The highest BCUT2D eigenvalue weighted by atomic mass is 16.4. The van der Waals surface area contributed by atoms with Crippen LogP contribution in [0.4, 0.5) is 4.79 Å². The number of carbonyl (C=O) groups excluding carboxylic acids is 1. The molecule has 104 valence electrons. The van der Waals surface area contributed by atoms with E-state index < -0.39 is 30.4 Å². The Balaban J connectivity index is 4.50. The van der Waals surface area contributed by atoms with E-state index in [1.165, 1.54) is 11.9 Å². The molecule has 7 heteroatoms. The second-order valence-electron chi connectivity index (χ2n) is 5.35. The van der Waals surface area contributed by atoms with Crippen LogP contribution in [0.15, 0.2) is 0 Å². The van der Waals surface area contributed by atoms with Crippen LogP contribution in [-0.2, 0) is 9.59 Å². The standard InChI is InChI=1S/C11H20N2O5/c1-11(2,3)6-13(4)10(18)12-7(9(16)17)5-8(14)15/h7H,5-6H2,1-4H3,(H,12,18)(H,14,15)(H,16,17). The van der Waals surface area contributed by atoms with Crippen molar-refractivity contribution in [2.45, 2.75) is 33.2 Å². The Morgan fingerprint density at radius 1 is 1.22 bits per heavy atom. The molecule has 2 amide bonds. The normalized spacial score (nSPS) is 12.7. The van der Waals surface area contributed by atoms with Crippen molar-refractivity contribution < 1.29 is 24.6 Å². The molecule has 0 rings (SSSR count). The number of carbonyl (C=O) groups is 3. The average molecular weight is 260 g/mol. The summed E-state index contributed by atoms with van der Waals surface area (Å²) in [5.41, 5.74) is -0.127. The van der Waals surface area contributed by atoms with E-state index in [0.717, 1.165) is 0 Å². The maximum Gasteiger partial charge on any atom is 0.326 e. The SMILES string of the molecule is CN(CC(C)(C)C)C(=O)NC(CC(=O)O)C(=O)O. The first-order valence-corrected chi connectivity index (χ1v) is 5.49. The molecule has 0 aromatic carbocycles. The molecule has 1 unspecified atom stereocenters. The molecule has 3 N–H and O–H groups in total. The van der Waals surface area contributed by atoms with E-state index in [2.05, 4.69) is 5.32 Å². The number of nitrogens with zero attached hydrogens (tertiary/aromatic N) is 1. The van der Waals surface area contributed by atoms with Crippen molar-refractivity contribution in [3.63, 3.8) is 0 Å². The molecule has 0 radical (unpaired) electrons. The highest BCUT2D eigenvalue weighted by Gasteiger charge is 2.25. The highest BCUT2D eigenvalue weighted by molar-refractivity contribution is 5.86. The summed E-state index contributed by atoms with van der Waals surface area (Å²) in [6, 6.07) is -2.02. The summed E-state index contributed by atoms with van der Waals surface area (Å²) < 4.78 is 0. The molecule has 0 aromatic rings. The van der Waals surface area contributed by atoms with Crippen molar-refractivity contribution in [3.8, 4) is 0 Å². The van der Waals surface area contributed by atoms with Crippen LogP contribution in [0.2, 0.25) is 0 Å². The summed E-state index contributed by atoms with van der Waals surface area (Å²) in [5.74, 6) is -2.64. The monoisotopic (exact) mass is 260 g/mol. The van der Waals surface area contributed by atoms with Gasteiger partial charge in [0.05, 0.1) is 6.42 Å². The fraction of sp³-hybridized carbons (Fsp3) is 0.727. The minimum atomic E-state index is -1.42. The third kappa shape index (κ3) is 6.72. The number of nitrogens with one attached hydrogen (secondary N) is 1. The maximum absolute atomic E-state index is 11.7. The zero-order valence-electron chi connectivity index (χ0n) is 11.1. The minimum absolute atomic E-state index is 0.127. The lowest BCUT2D eigenvalue weighted by Gasteiger charge is -2.27. The Morgan fingerprint density at radius 3 is 2.06 bits per heavy atom. The van der Waals surface area contributed by atoms with Crippen LogP contribution in [0.5, 0.6) is 0 Å². The fourth-order valence-electron chi connectivity index (χ4n) is 1.42. The Labute approximate surface area is 106 Å². The minimum Gasteiger partial charge on any atom is -0.481 e. The summed E-state index contributed by atoms with van der Waals surface area (Å²) >= 11 is 0. The first kappa shape index (κ1) is 16.2. The first-order chi connectivity index (χ1) is 8.03. The molecule has 0 aliphatic rings. The largest absolute Gasteiger partial charge is 0.481 e. The molecule has 1 atom stereocenters. The van der Waals surface area contributed by atoms with Gasteiger partial charge in [-0.15, -0.1) is 0 Å². The number of aliphatic carboxylic acids is 2. The number of amides is 2. The number of hydrogen-bond donors (Lipinski definition) is 3. The van der Waals surface area contributed by atoms with E-state index in [0.29, 0.717) is 6.54 Å². The number of carboxylic acid groups (broad SMARTS) is 2. The van der Waals surface area contributed by atoms with Gasteiger partial charge in [0.25, 0.3) is 0 Å². The molecule has 0 heterocycles. The van der Waals surface area contributed by atoms with Crippen LogP contribution in [-0.4, -0.2) is 52.7 Å². The lowest BCUT2D eigenvalue weighted by molar-refractivity contribution is -0.145. The van der Waals surface area contributed by atoms with Gasteiger partial charge in [0, 0.05) is 13.6 Å². The van der Waals surface area contributed by atoms with Crippen LogP contribution in [0.25, 0.3) is 0 Å². The van der Waals surface area contributed by atoms with E-state index in [4.69, 9.17) is 10.2 Å². The van der Waals surface area contributed by atoms with Gasteiger partial charge in [0.2, 0.25) is 0 Å². The van der Waals surface area contributed by atoms with Gasteiger partial charge < -0.3 is 20.4 Å². The van der Waals surface area contributed by atoms with Gasteiger partial charge in [-0.1, -0.05) is 20.8 Å². The van der Waals surface area contributed by atoms with Crippen LogP contribution < -0.4 is 5.32 Å². The summed E-state index contributed by atoms with van der Waals surface area (Å²) in [5, 5.41) is 19.5. The van der Waals surface area contributed by atoms with Gasteiger partial charge in [0.1, 0.15) is 6.04 Å². The van der Waals surface area contributed by atoms with Crippen molar-refractivity contribution in [1.29, 1.82) is 0 Å². The molecular formula is C11H20N2O5. The molecule has 0 bridgehead atoms. The number of urea groups is 1. The Hall–Kier alpha value is -1.79. The van der Waals surface area contributed by atoms with Crippen molar-refractivity contribution in [2.24, 2.45) is 5.41 Å². The molecule has 0 aliphatic carbocycles. The van der Waals surface area contributed by atoms with Gasteiger partial charge in [0.15, 0.2) is 0 Å². The van der Waals surface area contributed by atoms with Crippen LogP contribution >= 0.6 is 0 Å². The summed E-state index contributed by atoms with van der Waals surface area (Å²) in [7, 11) is 1.53. The van der Waals surface area contributed by atoms with Crippen molar-refractivity contribution in [2.75, 3.05) is 13.6 Å². The van der Waals surface area contributed by atoms with Crippen LogP contribution in [0.1, 0.15) is 27.2 Å². The van der Waals surface area contributed by atoms with Gasteiger partial charge >= 0.3 is 18.0 Å². The molecule has 0 aromatic heterocycles. The summed E-state index contributed by atoms with van der Waals surface area (Å²) in [4.78, 5) is 34.3. The molecule has 18 heavy (non-hydrogen) atoms. The topological polar surface area (TPSA) is 107 Å². The molecule has 0 aliphatic heterocycles. The van der Waals surface area contributed by atoms with Gasteiger partial charge in [-0.3, -0.25) is 4.79 Å². The Bertz CT molecular complexity index is 335. The second-order valence-corrected chi connectivity index (χ2v) is 5.35.